The molecule has 0 saturated carbocycles. The van der Waals surface area contributed by atoms with Crippen molar-refractivity contribution in [3.05, 3.63) is 50.2 Å². The summed E-state index contributed by atoms with van der Waals surface area (Å²) in [7, 11) is 0. The van der Waals surface area contributed by atoms with Gasteiger partial charge in [0.05, 0.1) is 0 Å². The summed E-state index contributed by atoms with van der Waals surface area (Å²) in [4.78, 5) is 16.5. The minimum absolute atomic E-state index is 0.0133. The lowest BCUT2D eigenvalue weighted by Gasteiger charge is -2.15. The van der Waals surface area contributed by atoms with Crippen LogP contribution in [0.3, 0.4) is 0 Å². The van der Waals surface area contributed by atoms with E-state index < -0.39 is 0 Å². The monoisotopic (exact) mass is 267 g/mol. The second-order valence-corrected chi connectivity index (χ2v) is 5.43. The van der Waals surface area contributed by atoms with Crippen molar-refractivity contribution in [2.75, 3.05) is 0 Å². The maximum atomic E-state index is 11.8. The molecule has 1 aromatic carbocycles. The van der Waals surface area contributed by atoms with Gasteiger partial charge in [0.2, 0.25) is 0 Å². The van der Waals surface area contributed by atoms with Gasteiger partial charge in [0.15, 0.2) is 16.8 Å². The molecule has 0 saturated heterocycles. The summed E-state index contributed by atoms with van der Waals surface area (Å²) in [5.41, 5.74) is 7.70. The highest BCUT2D eigenvalue weighted by atomic mass is 16.3. The molecular weight excluding hydrogens is 250 g/mol. The summed E-state index contributed by atoms with van der Waals surface area (Å²) in [6, 6.07) is 3.28. The third kappa shape index (κ3) is 1.59. The molecule has 3 heteroatoms. The Balaban J connectivity index is 2.59. The predicted octanol–water partition coefficient (Wildman–Crippen LogP) is 3.83. The zero-order valence-corrected chi connectivity index (χ0v) is 12.4. The van der Waals surface area contributed by atoms with Gasteiger partial charge in [0.1, 0.15) is 11.2 Å². The molecular formula is C17H17NO2. The molecule has 3 rings (SSSR count). The number of fused-ring (bicyclic) bond motifs is 2. The third-order valence-electron chi connectivity index (χ3n) is 4.37. The zero-order chi connectivity index (χ0) is 14.6. The van der Waals surface area contributed by atoms with Gasteiger partial charge in [-0.15, -0.1) is 0 Å². The summed E-state index contributed by atoms with van der Waals surface area (Å²) >= 11 is 0. The molecule has 0 aromatic heterocycles. The molecule has 102 valence electrons. The number of hydrogen-bond donors (Lipinski definition) is 0. The zero-order valence-electron chi connectivity index (χ0n) is 12.4. The van der Waals surface area contributed by atoms with Crippen LogP contribution in [0.2, 0.25) is 0 Å². The van der Waals surface area contributed by atoms with E-state index in [9.17, 15) is 4.79 Å². The number of aromatic nitrogens is 1. The average Bonchev–Trinajstić information content (AvgIpc) is 2.45. The van der Waals surface area contributed by atoms with E-state index in [1.165, 1.54) is 11.1 Å². The second kappa shape index (κ2) is 4.17. The molecule has 0 N–H and O–H groups in total. The van der Waals surface area contributed by atoms with E-state index in [4.69, 9.17) is 9.40 Å². The molecule has 1 aliphatic carbocycles. The molecule has 0 atom stereocenters. The summed E-state index contributed by atoms with van der Waals surface area (Å²) < 4.78 is 6.04. The van der Waals surface area contributed by atoms with Crippen LogP contribution in [0.15, 0.2) is 21.3 Å². The van der Waals surface area contributed by atoms with Crippen molar-refractivity contribution in [2.45, 2.75) is 34.6 Å². The van der Waals surface area contributed by atoms with Crippen LogP contribution in [-0.4, -0.2) is 4.98 Å². The van der Waals surface area contributed by atoms with Crippen molar-refractivity contribution in [2.24, 2.45) is 0 Å². The summed E-state index contributed by atoms with van der Waals surface area (Å²) in [5, 5.41) is 0. The fourth-order valence-corrected chi connectivity index (χ4v) is 2.62. The van der Waals surface area contributed by atoms with Crippen molar-refractivity contribution in [3.8, 4) is 11.5 Å². The van der Waals surface area contributed by atoms with Crippen LogP contribution in [0.4, 0.5) is 0 Å². The fraction of sp³-hybridized carbons (Fsp3) is 0.294. The van der Waals surface area contributed by atoms with E-state index in [-0.39, 0.29) is 5.43 Å². The maximum absolute atomic E-state index is 11.8. The predicted molar refractivity (Wildman–Crippen MR) is 80.6 cm³/mol. The van der Waals surface area contributed by atoms with Gasteiger partial charge in [-0.25, -0.2) is 4.98 Å². The molecule has 0 bridgehead atoms. The number of hydrogen-bond acceptors (Lipinski definition) is 3. The molecule has 0 amide bonds. The van der Waals surface area contributed by atoms with Crippen molar-refractivity contribution in [1.29, 1.82) is 0 Å². The third-order valence-corrected chi connectivity index (χ3v) is 4.37. The quantitative estimate of drug-likeness (QED) is 0.581. The van der Waals surface area contributed by atoms with Gasteiger partial charge in [-0.05, 0) is 69.0 Å². The van der Waals surface area contributed by atoms with Crippen molar-refractivity contribution in [1.82, 2.24) is 4.98 Å². The van der Waals surface area contributed by atoms with E-state index in [1.54, 1.807) is 19.1 Å². The molecule has 0 fully saturated rings. The van der Waals surface area contributed by atoms with Crippen molar-refractivity contribution >= 4 is 11.1 Å². The first-order valence-electron chi connectivity index (χ1n) is 6.72. The lowest BCUT2D eigenvalue weighted by molar-refractivity contribution is 0.604. The molecule has 1 aromatic rings. The highest BCUT2D eigenvalue weighted by molar-refractivity contribution is 5.85. The highest BCUT2D eigenvalue weighted by Crippen LogP contribution is 2.32. The van der Waals surface area contributed by atoms with Crippen LogP contribution >= 0.6 is 0 Å². The normalized spacial score (nSPS) is 11.4. The van der Waals surface area contributed by atoms with E-state index in [0.717, 1.165) is 27.9 Å². The first-order valence-corrected chi connectivity index (χ1v) is 6.72. The van der Waals surface area contributed by atoms with Gasteiger partial charge in [0.25, 0.3) is 0 Å². The summed E-state index contributed by atoms with van der Waals surface area (Å²) in [6.45, 7) is 10.1. The molecule has 1 aliphatic heterocycles. The highest BCUT2D eigenvalue weighted by Gasteiger charge is 2.18. The standard InChI is InChI=1S/C17H17NO2/c1-8-9(2)11(4)17-15(10(8)3)18-13-6-7-14(19)12(5)16(13)20-17/h6-7H,1-5H3. The minimum atomic E-state index is -0.0133. The SMILES string of the molecule is Cc1c(C)c(C)c2oc3c(C)c(=O)ccc-3nc2c1C. The summed E-state index contributed by atoms with van der Waals surface area (Å²) in [5.74, 6) is 0.593. The smallest absolute Gasteiger partial charge is 0.185 e. The van der Waals surface area contributed by atoms with E-state index in [0.29, 0.717) is 11.3 Å². The van der Waals surface area contributed by atoms with Crippen LogP contribution in [0.25, 0.3) is 22.6 Å². The fourth-order valence-electron chi connectivity index (χ4n) is 2.62. The van der Waals surface area contributed by atoms with Gasteiger partial charge in [-0.1, -0.05) is 0 Å². The van der Waals surface area contributed by atoms with Gasteiger partial charge in [-0.2, -0.15) is 0 Å². The van der Waals surface area contributed by atoms with Crippen molar-refractivity contribution in [3.63, 3.8) is 0 Å². The Kier molecular flexibility index (Phi) is 2.68. The number of rotatable bonds is 0. The summed E-state index contributed by atoms with van der Waals surface area (Å²) in [6.07, 6.45) is 0. The largest absolute Gasteiger partial charge is 0.452 e. The van der Waals surface area contributed by atoms with Gasteiger partial charge in [-0.3, -0.25) is 4.79 Å². The lowest BCUT2D eigenvalue weighted by Crippen LogP contribution is -2.07. The van der Waals surface area contributed by atoms with Crippen LogP contribution in [-0.2, 0) is 0 Å². The number of benzene rings is 2. The van der Waals surface area contributed by atoms with Gasteiger partial charge < -0.3 is 4.42 Å². The first kappa shape index (κ1) is 12.9. The van der Waals surface area contributed by atoms with Crippen LogP contribution in [0, 0.1) is 34.6 Å². The first-order chi connectivity index (χ1) is 9.41. The molecule has 0 spiro atoms. The average molecular weight is 267 g/mol. The van der Waals surface area contributed by atoms with Crippen LogP contribution in [0.1, 0.15) is 27.8 Å². The Labute approximate surface area is 117 Å². The Morgan fingerprint density at radius 3 is 2.20 bits per heavy atom. The van der Waals surface area contributed by atoms with Crippen molar-refractivity contribution < 1.29 is 4.42 Å². The topological polar surface area (TPSA) is 43.1 Å². The van der Waals surface area contributed by atoms with E-state index in [2.05, 4.69) is 20.8 Å². The van der Waals surface area contributed by atoms with Crippen LogP contribution in [0.5, 0.6) is 0 Å². The van der Waals surface area contributed by atoms with Gasteiger partial charge >= 0.3 is 0 Å². The molecule has 3 nitrogen and oxygen atoms in total. The van der Waals surface area contributed by atoms with Gasteiger partial charge in [0, 0.05) is 5.56 Å². The Hall–Kier alpha value is -2.16. The molecule has 1 heterocycles. The van der Waals surface area contributed by atoms with Crippen LogP contribution < -0.4 is 5.43 Å². The Morgan fingerprint density at radius 2 is 1.50 bits per heavy atom. The Bertz CT molecular complexity index is 875. The number of nitrogens with zero attached hydrogens (tertiary/aromatic N) is 1. The van der Waals surface area contributed by atoms with E-state index >= 15 is 0 Å². The second-order valence-electron chi connectivity index (χ2n) is 5.43. The molecule has 0 radical (unpaired) electrons. The maximum Gasteiger partial charge on any atom is 0.185 e. The lowest BCUT2D eigenvalue weighted by atomic mass is 9.97. The minimum Gasteiger partial charge on any atom is -0.452 e. The molecule has 20 heavy (non-hydrogen) atoms. The number of aryl methyl sites for hydroxylation is 2. The van der Waals surface area contributed by atoms with E-state index in [1.807, 2.05) is 6.92 Å². The Morgan fingerprint density at radius 1 is 0.850 bits per heavy atom. The molecule has 0 unspecified atom stereocenters. The molecule has 2 aliphatic rings.